The van der Waals surface area contributed by atoms with Crippen LogP contribution in [0.1, 0.15) is 12.0 Å². The average Bonchev–Trinajstić information content (AvgIpc) is 2.63. The molecule has 0 fully saturated rings. The van der Waals surface area contributed by atoms with Gasteiger partial charge in [0.25, 0.3) is 0 Å². The number of hydrogen-bond donors (Lipinski definition) is 3. The Hall–Kier alpha value is -1.72. The van der Waals surface area contributed by atoms with Crippen molar-refractivity contribution in [2.45, 2.75) is 12.8 Å². The molecule has 1 heterocycles. The number of anilines is 2. The van der Waals surface area contributed by atoms with Crippen LogP contribution >= 0.6 is 11.6 Å². The normalized spacial score (nSPS) is 10.8. The maximum absolute atomic E-state index is 6.12. The summed E-state index contributed by atoms with van der Waals surface area (Å²) in [4.78, 5) is 0. The van der Waals surface area contributed by atoms with Gasteiger partial charge in [0.15, 0.2) is 5.82 Å². The zero-order chi connectivity index (χ0) is 13.1. The van der Waals surface area contributed by atoms with Gasteiger partial charge < -0.3 is 17.2 Å². The minimum absolute atomic E-state index is 0.431. The van der Waals surface area contributed by atoms with Crippen molar-refractivity contribution >= 4 is 23.2 Å². The highest BCUT2D eigenvalue weighted by molar-refractivity contribution is 6.32. The van der Waals surface area contributed by atoms with E-state index in [0.717, 1.165) is 24.1 Å². The molecule has 0 spiro atoms. The average molecular weight is 266 g/mol. The first-order valence-corrected chi connectivity index (χ1v) is 6.10. The van der Waals surface area contributed by atoms with Gasteiger partial charge >= 0.3 is 0 Å². The molecule has 0 aliphatic heterocycles. The molecular weight excluding hydrogens is 250 g/mol. The van der Waals surface area contributed by atoms with Crippen molar-refractivity contribution in [2.24, 2.45) is 5.73 Å². The summed E-state index contributed by atoms with van der Waals surface area (Å²) in [5.41, 5.74) is 19.0. The van der Waals surface area contributed by atoms with E-state index in [4.69, 9.17) is 28.8 Å². The molecular formula is C12H16ClN5. The van der Waals surface area contributed by atoms with Crippen molar-refractivity contribution in [3.8, 4) is 5.69 Å². The Bertz CT molecular complexity index is 549. The molecule has 18 heavy (non-hydrogen) atoms. The fourth-order valence-electron chi connectivity index (χ4n) is 1.82. The molecule has 1 aromatic carbocycles. The third-order valence-electron chi connectivity index (χ3n) is 2.77. The molecule has 96 valence electrons. The lowest BCUT2D eigenvalue weighted by atomic mass is 10.1. The van der Waals surface area contributed by atoms with Gasteiger partial charge in [-0.1, -0.05) is 23.7 Å². The maximum Gasteiger partial charge on any atom is 0.151 e. The van der Waals surface area contributed by atoms with Crippen molar-refractivity contribution in [2.75, 3.05) is 18.0 Å². The zero-order valence-electron chi connectivity index (χ0n) is 9.94. The molecule has 5 nitrogen and oxygen atoms in total. The Labute approximate surface area is 111 Å². The lowest BCUT2D eigenvalue weighted by Crippen LogP contribution is -2.05. The second-order valence-electron chi connectivity index (χ2n) is 4.00. The molecule has 0 unspecified atom stereocenters. The van der Waals surface area contributed by atoms with Gasteiger partial charge in [0, 0.05) is 5.56 Å². The second kappa shape index (κ2) is 5.29. The minimum atomic E-state index is 0.431. The maximum atomic E-state index is 6.12. The van der Waals surface area contributed by atoms with Crippen LogP contribution in [-0.2, 0) is 6.42 Å². The molecule has 0 aliphatic rings. The highest BCUT2D eigenvalue weighted by Crippen LogP contribution is 2.27. The largest absolute Gasteiger partial charge is 0.383 e. The lowest BCUT2D eigenvalue weighted by molar-refractivity contribution is 0.835. The Balaban J connectivity index is 2.44. The zero-order valence-corrected chi connectivity index (χ0v) is 10.7. The van der Waals surface area contributed by atoms with E-state index in [1.54, 1.807) is 10.7 Å². The monoisotopic (exact) mass is 265 g/mol. The molecule has 0 atom stereocenters. The Morgan fingerprint density at radius 2 is 1.94 bits per heavy atom. The van der Waals surface area contributed by atoms with Gasteiger partial charge in [-0.15, -0.1) is 5.10 Å². The summed E-state index contributed by atoms with van der Waals surface area (Å²) >= 11 is 6.12. The number of nitrogen functional groups attached to an aromatic ring is 2. The van der Waals surface area contributed by atoms with Crippen LogP contribution in [0.25, 0.3) is 5.69 Å². The Kier molecular flexibility index (Phi) is 3.74. The van der Waals surface area contributed by atoms with Crippen LogP contribution in [0.2, 0.25) is 5.02 Å². The summed E-state index contributed by atoms with van der Waals surface area (Å²) in [5, 5.41) is 4.82. The number of halogens is 1. The van der Waals surface area contributed by atoms with Crippen molar-refractivity contribution in [1.82, 2.24) is 9.78 Å². The number of aromatic nitrogens is 2. The molecule has 0 radical (unpaired) electrons. The van der Waals surface area contributed by atoms with Gasteiger partial charge in [-0.3, -0.25) is 0 Å². The van der Waals surface area contributed by atoms with E-state index in [0.29, 0.717) is 23.2 Å². The van der Waals surface area contributed by atoms with Crippen LogP contribution in [-0.4, -0.2) is 16.3 Å². The SMILES string of the molecule is NCCCc1c(N)nn(-c2ccccc2Cl)c1N. The van der Waals surface area contributed by atoms with Crippen LogP contribution < -0.4 is 17.2 Å². The summed E-state index contributed by atoms with van der Waals surface area (Å²) < 4.78 is 1.57. The number of benzene rings is 1. The van der Waals surface area contributed by atoms with E-state index in [1.165, 1.54) is 0 Å². The molecule has 0 aliphatic carbocycles. The standard InChI is InChI=1S/C12H16ClN5/c13-9-5-1-2-6-10(9)18-12(16)8(4-3-7-14)11(15)17-18/h1-2,5-6H,3-4,7,14,16H2,(H2,15,17). The number of para-hydroxylation sites is 1. The van der Waals surface area contributed by atoms with E-state index < -0.39 is 0 Å². The predicted molar refractivity (Wildman–Crippen MR) is 74.8 cm³/mol. The van der Waals surface area contributed by atoms with Gasteiger partial charge in [-0.05, 0) is 31.5 Å². The molecule has 1 aromatic heterocycles. The van der Waals surface area contributed by atoms with Gasteiger partial charge in [-0.2, -0.15) is 0 Å². The first-order valence-electron chi connectivity index (χ1n) is 5.73. The molecule has 0 saturated carbocycles. The number of hydrogen-bond acceptors (Lipinski definition) is 4. The van der Waals surface area contributed by atoms with Gasteiger partial charge in [-0.25, -0.2) is 4.68 Å². The first kappa shape index (κ1) is 12.7. The molecule has 2 rings (SSSR count). The van der Waals surface area contributed by atoms with Crippen LogP contribution in [0, 0.1) is 0 Å². The van der Waals surface area contributed by atoms with Crippen LogP contribution in [0.4, 0.5) is 11.6 Å². The lowest BCUT2D eigenvalue weighted by Gasteiger charge is -2.06. The summed E-state index contributed by atoms with van der Waals surface area (Å²) in [6, 6.07) is 7.36. The fraction of sp³-hybridized carbons (Fsp3) is 0.250. The van der Waals surface area contributed by atoms with Gasteiger partial charge in [0.05, 0.1) is 10.7 Å². The topological polar surface area (TPSA) is 95.9 Å². The van der Waals surface area contributed by atoms with Gasteiger partial charge in [0.1, 0.15) is 5.82 Å². The predicted octanol–water partition coefficient (Wildman–Crippen LogP) is 1.58. The van der Waals surface area contributed by atoms with Crippen LogP contribution in [0.5, 0.6) is 0 Å². The number of nitrogens with two attached hydrogens (primary N) is 3. The van der Waals surface area contributed by atoms with Gasteiger partial charge in [0.2, 0.25) is 0 Å². The van der Waals surface area contributed by atoms with E-state index in [-0.39, 0.29) is 0 Å². The molecule has 0 bridgehead atoms. The third kappa shape index (κ3) is 2.27. The molecule has 6 heteroatoms. The molecule has 0 amide bonds. The quantitative estimate of drug-likeness (QED) is 0.782. The van der Waals surface area contributed by atoms with E-state index in [2.05, 4.69) is 5.10 Å². The van der Waals surface area contributed by atoms with Crippen molar-refractivity contribution in [1.29, 1.82) is 0 Å². The summed E-state index contributed by atoms with van der Waals surface area (Å²) in [6.45, 7) is 0.593. The Morgan fingerprint density at radius 3 is 2.61 bits per heavy atom. The third-order valence-corrected chi connectivity index (χ3v) is 3.09. The highest BCUT2D eigenvalue weighted by atomic mass is 35.5. The summed E-state index contributed by atoms with van der Waals surface area (Å²) in [7, 11) is 0. The molecule has 2 aromatic rings. The minimum Gasteiger partial charge on any atom is -0.383 e. The van der Waals surface area contributed by atoms with Crippen molar-refractivity contribution in [3.63, 3.8) is 0 Å². The molecule has 6 N–H and O–H groups in total. The van der Waals surface area contributed by atoms with Crippen molar-refractivity contribution < 1.29 is 0 Å². The molecule has 0 saturated heterocycles. The van der Waals surface area contributed by atoms with Crippen molar-refractivity contribution in [3.05, 3.63) is 34.9 Å². The van der Waals surface area contributed by atoms with Crippen LogP contribution in [0.15, 0.2) is 24.3 Å². The smallest absolute Gasteiger partial charge is 0.151 e. The van der Waals surface area contributed by atoms with Crippen LogP contribution in [0.3, 0.4) is 0 Å². The van der Waals surface area contributed by atoms with E-state index in [1.807, 2.05) is 18.2 Å². The Morgan fingerprint density at radius 1 is 1.22 bits per heavy atom. The second-order valence-corrected chi connectivity index (χ2v) is 4.41. The summed E-state index contributed by atoms with van der Waals surface area (Å²) in [5.74, 6) is 0.954. The number of rotatable bonds is 4. The summed E-state index contributed by atoms with van der Waals surface area (Å²) in [6.07, 6.45) is 1.54. The van der Waals surface area contributed by atoms with E-state index in [9.17, 15) is 0 Å². The van der Waals surface area contributed by atoms with E-state index >= 15 is 0 Å². The highest BCUT2D eigenvalue weighted by Gasteiger charge is 2.15. The fourth-order valence-corrected chi connectivity index (χ4v) is 2.04. The first-order chi connectivity index (χ1) is 8.65. The number of nitrogens with zero attached hydrogens (tertiary/aromatic N) is 2.